The molecule has 0 spiro atoms. The summed E-state index contributed by atoms with van der Waals surface area (Å²) in [4.78, 5) is 0. The van der Waals surface area contributed by atoms with E-state index < -0.39 is 7.12 Å². The highest BCUT2D eigenvalue weighted by atomic mass is 79.9. The van der Waals surface area contributed by atoms with E-state index in [1.165, 1.54) is 0 Å². The summed E-state index contributed by atoms with van der Waals surface area (Å²) in [6.45, 7) is 8.18. The predicted molar refractivity (Wildman–Crippen MR) is 106 cm³/mol. The molecular weight excluding hydrogens is 393 g/mol. The van der Waals surface area contributed by atoms with Gasteiger partial charge in [-0.1, -0.05) is 22.0 Å². The van der Waals surface area contributed by atoms with Gasteiger partial charge in [-0.15, -0.1) is 0 Å². The van der Waals surface area contributed by atoms with Gasteiger partial charge in [0.1, 0.15) is 11.5 Å². The van der Waals surface area contributed by atoms with Crippen LogP contribution in [0.3, 0.4) is 0 Å². The first-order valence-electron chi connectivity index (χ1n) is 8.48. The highest BCUT2D eigenvalue weighted by Crippen LogP contribution is 2.37. The van der Waals surface area contributed by atoms with Crippen LogP contribution in [0.5, 0.6) is 11.5 Å². The van der Waals surface area contributed by atoms with Crippen molar-refractivity contribution in [3.63, 3.8) is 0 Å². The SMILES string of the molecule is CC1(C)OB(c2ccc(Oc3ccc(C#N)cc3)cc2CBr)OC1(C)C. The molecule has 26 heavy (non-hydrogen) atoms. The van der Waals surface area contributed by atoms with Crippen LogP contribution >= 0.6 is 15.9 Å². The van der Waals surface area contributed by atoms with Crippen molar-refractivity contribution < 1.29 is 14.0 Å². The van der Waals surface area contributed by atoms with Crippen LogP contribution in [0.2, 0.25) is 0 Å². The van der Waals surface area contributed by atoms with Crippen molar-refractivity contribution in [1.29, 1.82) is 5.26 Å². The molecule has 4 nitrogen and oxygen atoms in total. The molecule has 1 aliphatic heterocycles. The zero-order chi connectivity index (χ0) is 18.9. The first-order valence-corrected chi connectivity index (χ1v) is 9.60. The molecular formula is C20H21BBrNO3. The van der Waals surface area contributed by atoms with Crippen molar-refractivity contribution in [2.24, 2.45) is 0 Å². The lowest BCUT2D eigenvalue weighted by Gasteiger charge is -2.32. The summed E-state index contributed by atoms with van der Waals surface area (Å²) >= 11 is 3.55. The fourth-order valence-electron chi connectivity index (χ4n) is 2.69. The summed E-state index contributed by atoms with van der Waals surface area (Å²) in [5, 5.41) is 9.54. The van der Waals surface area contributed by atoms with Crippen LogP contribution in [0.1, 0.15) is 38.8 Å². The third-order valence-electron chi connectivity index (χ3n) is 4.98. The predicted octanol–water partition coefficient (Wildman–Crippen LogP) is 4.54. The largest absolute Gasteiger partial charge is 0.495 e. The fourth-order valence-corrected chi connectivity index (χ4v) is 3.18. The monoisotopic (exact) mass is 413 g/mol. The highest BCUT2D eigenvalue weighted by molar-refractivity contribution is 9.08. The Morgan fingerprint density at radius 3 is 2.12 bits per heavy atom. The van der Waals surface area contributed by atoms with Crippen molar-refractivity contribution in [2.75, 3.05) is 0 Å². The lowest BCUT2D eigenvalue weighted by atomic mass is 9.76. The molecule has 0 amide bonds. The molecule has 0 N–H and O–H groups in total. The van der Waals surface area contributed by atoms with Gasteiger partial charge in [0.2, 0.25) is 0 Å². The summed E-state index contributed by atoms with van der Waals surface area (Å²) in [7, 11) is -0.406. The number of benzene rings is 2. The van der Waals surface area contributed by atoms with Crippen LogP contribution in [0.4, 0.5) is 0 Å². The molecule has 6 heteroatoms. The van der Waals surface area contributed by atoms with Gasteiger partial charge in [0.15, 0.2) is 0 Å². The van der Waals surface area contributed by atoms with Gasteiger partial charge < -0.3 is 14.0 Å². The Morgan fingerprint density at radius 1 is 1.00 bits per heavy atom. The van der Waals surface area contributed by atoms with Gasteiger partial charge in [-0.2, -0.15) is 5.26 Å². The summed E-state index contributed by atoms with van der Waals surface area (Å²) in [6, 6.07) is 15.0. The van der Waals surface area contributed by atoms with Crippen molar-refractivity contribution in [3.05, 3.63) is 53.6 Å². The van der Waals surface area contributed by atoms with Gasteiger partial charge in [0, 0.05) is 5.33 Å². The van der Waals surface area contributed by atoms with Gasteiger partial charge in [-0.25, -0.2) is 0 Å². The van der Waals surface area contributed by atoms with Gasteiger partial charge in [-0.3, -0.25) is 0 Å². The average molecular weight is 414 g/mol. The molecule has 0 atom stereocenters. The zero-order valence-corrected chi connectivity index (χ0v) is 17.0. The molecule has 2 aromatic rings. The van der Waals surface area contributed by atoms with E-state index in [4.69, 9.17) is 19.3 Å². The molecule has 3 rings (SSSR count). The van der Waals surface area contributed by atoms with Crippen LogP contribution in [0.25, 0.3) is 0 Å². The molecule has 134 valence electrons. The Hall–Kier alpha value is -1.81. The van der Waals surface area contributed by atoms with Crippen LogP contribution < -0.4 is 10.2 Å². The van der Waals surface area contributed by atoms with Gasteiger partial charge >= 0.3 is 7.12 Å². The summed E-state index contributed by atoms with van der Waals surface area (Å²) in [6.07, 6.45) is 0. The van der Waals surface area contributed by atoms with Crippen molar-refractivity contribution in [1.82, 2.24) is 0 Å². The zero-order valence-electron chi connectivity index (χ0n) is 15.4. The molecule has 1 fully saturated rings. The highest BCUT2D eigenvalue weighted by Gasteiger charge is 2.52. The maximum atomic E-state index is 8.87. The van der Waals surface area contributed by atoms with Crippen molar-refractivity contribution in [3.8, 4) is 17.6 Å². The Balaban J connectivity index is 1.83. The van der Waals surface area contributed by atoms with Gasteiger partial charge in [0.05, 0.1) is 22.8 Å². The topological polar surface area (TPSA) is 51.5 Å². The Bertz CT molecular complexity index is 827. The second-order valence-electron chi connectivity index (χ2n) is 7.32. The van der Waals surface area contributed by atoms with Crippen LogP contribution in [0.15, 0.2) is 42.5 Å². The molecule has 0 radical (unpaired) electrons. The summed E-state index contributed by atoms with van der Waals surface area (Å²) < 4.78 is 18.2. The second-order valence-corrected chi connectivity index (χ2v) is 7.88. The molecule has 1 heterocycles. The minimum absolute atomic E-state index is 0.376. The van der Waals surface area contributed by atoms with Gasteiger partial charge in [0.25, 0.3) is 0 Å². The summed E-state index contributed by atoms with van der Waals surface area (Å²) in [5.74, 6) is 1.41. The molecule has 0 saturated carbocycles. The Labute approximate surface area is 163 Å². The lowest BCUT2D eigenvalue weighted by Crippen LogP contribution is -2.41. The van der Waals surface area contributed by atoms with E-state index in [-0.39, 0.29) is 11.2 Å². The van der Waals surface area contributed by atoms with E-state index in [0.717, 1.165) is 16.8 Å². The first kappa shape index (κ1) is 19.0. The maximum absolute atomic E-state index is 8.87. The van der Waals surface area contributed by atoms with Crippen LogP contribution in [-0.4, -0.2) is 18.3 Å². The molecule has 0 aliphatic carbocycles. The van der Waals surface area contributed by atoms with E-state index in [2.05, 4.69) is 22.0 Å². The number of ether oxygens (including phenoxy) is 1. The third kappa shape index (κ3) is 3.66. The van der Waals surface area contributed by atoms with E-state index in [9.17, 15) is 0 Å². The quantitative estimate of drug-likeness (QED) is 0.545. The molecule has 0 bridgehead atoms. The molecule has 1 saturated heterocycles. The second kappa shape index (κ2) is 7.07. The number of hydrogen-bond acceptors (Lipinski definition) is 4. The average Bonchev–Trinajstić information content (AvgIpc) is 2.83. The van der Waals surface area contributed by atoms with E-state index in [1.807, 2.05) is 45.9 Å². The Morgan fingerprint density at radius 2 is 1.58 bits per heavy atom. The fraction of sp³-hybridized carbons (Fsp3) is 0.350. The van der Waals surface area contributed by atoms with Crippen molar-refractivity contribution in [2.45, 2.75) is 44.2 Å². The Kier molecular flexibility index (Phi) is 5.16. The maximum Gasteiger partial charge on any atom is 0.495 e. The normalized spacial score (nSPS) is 17.8. The number of rotatable bonds is 4. The third-order valence-corrected chi connectivity index (χ3v) is 5.59. The van der Waals surface area contributed by atoms with E-state index >= 15 is 0 Å². The van der Waals surface area contributed by atoms with Gasteiger partial charge in [-0.05, 0) is 75.1 Å². The van der Waals surface area contributed by atoms with Crippen molar-refractivity contribution >= 4 is 28.5 Å². The number of nitrogens with zero attached hydrogens (tertiary/aromatic N) is 1. The first-order chi connectivity index (χ1) is 12.3. The number of halogens is 1. The summed E-state index contributed by atoms with van der Waals surface area (Å²) in [5.41, 5.74) is 1.90. The van der Waals surface area contributed by atoms with Crippen LogP contribution in [-0.2, 0) is 14.6 Å². The molecule has 2 aromatic carbocycles. The molecule has 0 unspecified atom stereocenters. The molecule has 1 aliphatic rings. The number of hydrogen-bond donors (Lipinski definition) is 0. The molecule has 0 aromatic heterocycles. The smallest absolute Gasteiger partial charge is 0.457 e. The standard InChI is InChI=1S/C20H21BBrNO3/c1-19(2)20(3,4)26-21(25-19)18-10-9-17(11-15(18)12-22)24-16-7-5-14(13-23)6-8-16/h5-11H,12H2,1-4H3. The number of nitriles is 1. The minimum Gasteiger partial charge on any atom is -0.457 e. The van der Waals surface area contributed by atoms with E-state index in [1.54, 1.807) is 24.3 Å². The van der Waals surface area contributed by atoms with E-state index in [0.29, 0.717) is 16.6 Å². The minimum atomic E-state index is -0.406. The van der Waals surface area contributed by atoms with Crippen LogP contribution in [0, 0.1) is 11.3 Å². The lowest BCUT2D eigenvalue weighted by molar-refractivity contribution is 0.00578. The number of alkyl halides is 1.